The van der Waals surface area contributed by atoms with Gasteiger partial charge < -0.3 is 9.90 Å². The van der Waals surface area contributed by atoms with Gasteiger partial charge in [-0.3, -0.25) is 9.69 Å². The topological polar surface area (TPSA) is 60.4 Å². The van der Waals surface area contributed by atoms with E-state index in [9.17, 15) is 14.7 Å². The molecule has 0 spiro atoms. The zero-order valence-electron chi connectivity index (χ0n) is 10.6. The Hall–Kier alpha value is -1.63. The molecule has 0 atom stereocenters. The van der Waals surface area contributed by atoms with Crippen molar-refractivity contribution in [2.24, 2.45) is 0 Å². The van der Waals surface area contributed by atoms with Gasteiger partial charge in [0.05, 0.1) is 17.4 Å². The van der Waals surface area contributed by atoms with Crippen LogP contribution in [-0.4, -0.2) is 27.6 Å². The minimum atomic E-state index is -1.36. The number of benzene rings is 1. The number of thiocarbonyl (C=S) groups is 1. The fourth-order valence-corrected chi connectivity index (χ4v) is 3.19. The lowest BCUT2D eigenvalue weighted by atomic mass is 10.2. The first-order valence-corrected chi connectivity index (χ1v) is 7.45. The van der Waals surface area contributed by atoms with Gasteiger partial charge in [0.25, 0.3) is 5.91 Å². The maximum Gasteiger partial charge on any atom is 0.266 e. The van der Waals surface area contributed by atoms with Gasteiger partial charge in [-0.05, 0) is 17.7 Å². The first-order valence-electron chi connectivity index (χ1n) is 5.85. The molecule has 1 fully saturated rings. The van der Waals surface area contributed by atoms with Gasteiger partial charge in [-0.25, -0.2) is 0 Å². The van der Waals surface area contributed by atoms with Crippen LogP contribution in [0.15, 0.2) is 46.3 Å². The quantitative estimate of drug-likeness (QED) is 0.618. The molecule has 0 unspecified atom stereocenters. The molecule has 1 aromatic carbocycles. The van der Waals surface area contributed by atoms with Gasteiger partial charge >= 0.3 is 0 Å². The predicted octanol–water partition coefficient (Wildman–Crippen LogP) is 1.76. The average Bonchev–Trinajstić information content (AvgIpc) is 2.67. The monoisotopic (exact) mass is 338 g/mol. The number of carboxylic acids is 1. The number of carbonyl (C=O) groups is 2. The van der Waals surface area contributed by atoms with Crippen molar-refractivity contribution >= 4 is 57.9 Å². The molecule has 0 bridgehead atoms. The molecule has 1 amide bonds. The standard InChI is InChI=1S/C14H10ClNO3S2/c15-10(6-9-4-2-1-3-5-9)7-11-13(19)16(8-12(17)18)14(20)21-11/h1-7H,8H2,(H,17,18)/p-1/b10-6-,11-7?. The lowest BCUT2D eigenvalue weighted by Gasteiger charge is -2.14. The molecule has 0 aliphatic carbocycles. The average molecular weight is 339 g/mol. The van der Waals surface area contributed by atoms with Crippen LogP contribution in [0.25, 0.3) is 6.08 Å². The third kappa shape index (κ3) is 4.17. The van der Waals surface area contributed by atoms with E-state index in [0.29, 0.717) is 9.94 Å². The van der Waals surface area contributed by atoms with E-state index in [2.05, 4.69) is 0 Å². The Morgan fingerprint density at radius 1 is 1.38 bits per heavy atom. The summed E-state index contributed by atoms with van der Waals surface area (Å²) in [7, 11) is 0. The molecule has 108 valence electrons. The number of carboxylic acid groups (broad SMARTS) is 1. The second-order valence-electron chi connectivity index (χ2n) is 4.08. The molecule has 1 heterocycles. The molecule has 0 N–H and O–H groups in total. The smallest absolute Gasteiger partial charge is 0.266 e. The zero-order chi connectivity index (χ0) is 15.4. The number of hydrogen-bond donors (Lipinski definition) is 0. The molecule has 7 heteroatoms. The van der Waals surface area contributed by atoms with Gasteiger partial charge in [-0.1, -0.05) is 65.9 Å². The van der Waals surface area contributed by atoms with Crippen LogP contribution >= 0.6 is 35.6 Å². The number of allylic oxidation sites excluding steroid dienone is 2. The van der Waals surface area contributed by atoms with Gasteiger partial charge in [0.2, 0.25) is 0 Å². The molecule has 2 rings (SSSR count). The second kappa shape index (κ2) is 6.89. The minimum absolute atomic E-state index is 0.180. The van der Waals surface area contributed by atoms with Crippen molar-refractivity contribution in [2.45, 2.75) is 0 Å². The maximum absolute atomic E-state index is 12.0. The maximum atomic E-state index is 12.0. The highest BCUT2D eigenvalue weighted by Crippen LogP contribution is 2.32. The van der Waals surface area contributed by atoms with Crippen LogP contribution in [0.1, 0.15) is 5.56 Å². The molecular weight excluding hydrogens is 330 g/mol. The van der Waals surface area contributed by atoms with Gasteiger partial charge in [0.1, 0.15) is 4.32 Å². The van der Waals surface area contributed by atoms with Crippen LogP contribution in [0.4, 0.5) is 0 Å². The van der Waals surface area contributed by atoms with Crippen LogP contribution in [0.3, 0.4) is 0 Å². The van der Waals surface area contributed by atoms with Crippen molar-refractivity contribution in [1.29, 1.82) is 0 Å². The van der Waals surface area contributed by atoms with Crippen LogP contribution in [-0.2, 0) is 9.59 Å². The van der Waals surface area contributed by atoms with Gasteiger partial charge in [0, 0.05) is 5.03 Å². The van der Waals surface area contributed by atoms with Crippen LogP contribution in [0.2, 0.25) is 0 Å². The largest absolute Gasteiger partial charge is 0.548 e. The summed E-state index contributed by atoms with van der Waals surface area (Å²) in [5.74, 6) is -1.84. The Bertz CT molecular complexity index is 655. The van der Waals surface area contributed by atoms with Crippen molar-refractivity contribution in [3.8, 4) is 0 Å². The summed E-state index contributed by atoms with van der Waals surface area (Å²) in [4.78, 5) is 23.9. The Morgan fingerprint density at radius 2 is 2.05 bits per heavy atom. The van der Waals surface area contributed by atoms with Crippen molar-refractivity contribution in [2.75, 3.05) is 6.54 Å². The molecule has 1 saturated heterocycles. The van der Waals surface area contributed by atoms with E-state index in [1.807, 2.05) is 30.3 Å². The second-order valence-corrected chi connectivity index (χ2v) is 6.19. The highest BCUT2D eigenvalue weighted by atomic mass is 35.5. The summed E-state index contributed by atoms with van der Waals surface area (Å²) in [5, 5.41) is 10.9. The number of amides is 1. The van der Waals surface area contributed by atoms with E-state index >= 15 is 0 Å². The Kier molecular flexibility index (Phi) is 5.17. The van der Waals surface area contributed by atoms with Crippen molar-refractivity contribution in [1.82, 2.24) is 4.90 Å². The molecule has 0 radical (unpaired) electrons. The summed E-state index contributed by atoms with van der Waals surface area (Å²) in [5.41, 5.74) is 0.893. The molecule has 1 aliphatic heterocycles. The Morgan fingerprint density at radius 3 is 2.67 bits per heavy atom. The molecular formula is C14H9ClNO3S2-. The van der Waals surface area contributed by atoms with E-state index in [0.717, 1.165) is 22.2 Å². The summed E-state index contributed by atoms with van der Waals surface area (Å²) >= 11 is 12.1. The summed E-state index contributed by atoms with van der Waals surface area (Å²) in [6, 6.07) is 9.37. The normalized spacial score (nSPS) is 17.7. The number of aliphatic carboxylic acids is 1. The number of halogens is 1. The number of rotatable bonds is 4. The highest BCUT2D eigenvalue weighted by molar-refractivity contribution is 8.26. The lowest BCUT2D eigenvalue weighted by Crippen LogP contribution is -2.40. The van der Waals surface area contributed by atoms with Gasteiger partial charge in [-0.15, -0.1) is 0 Å². The number of carbonyl (C=O) groups excluding carboxylic acids is 2. The SMILES string of the molecule is O=C([O-])CN1C(=O)C(=C/C(Cl)=C/c2ccccc2)SC1=S. The van der Waals surface area contributed by atoms with E-state index in [4.69, 9.17) is 23.8 Å². The fraction of sp³-hybridized carbons (Fsp3) is 0.0714. The first kappa shape index (κ1) is 15.8. The number of nitrogens with zero attached hydrogens (tertiary/aromatic N) is 1. The van der Waals surface area contributed by atoms with Crippen molar-refractivity contribution in [3.63, 3.8) is 0 Å². The lowest BCUT2D eigenvalue weighted by molar-refractivity contribution is -0.305. The predicted molar refractivity (Wildman–Crippen MR) is 85.3 cm³/mol. The van der Waals surface area contributed by atoms with E-state index in [1.54, 1.807) is 6.08 Å². The first-order chi connectivity index (χ1) is 9.97. The molecule has 1 aliphatic rings. The summed E-state index contributed by atoms with van der Waals surface area (Å²) in [6.07, 6.45) is 3.18. The molecule has 1 aromatic rings. The Balaban J connectivity index is 2.18. The molecule has 0 saturated carbocycles. The zero-order valence-corrected chi connectivity index (χ0v) is 13.0. The van der Waals surface area contributed by atoms with Gasteiger partial charge in [-0.2, -0.15) is 0 Å². The van der Waals surface area contributed by atoms with E-state index in [-0.39, 0.29) is 4.32 Å². The molecule has 0 aromatic heterocycles. The highest BCUT2D eigenvalue weighted by Gasteiger charge is 2.31. The summed E-state index contributed by atoms with van der Waals surface area (Å²) < 4.78 is 0.180. The molecule has 4 nitrogen and oxygen atoms in total. The van der Waals surface area contributed by atoms with Crippen molar-refractivity contribution in [3.05, 3.63) is 51.9 Å². The van der Waals surface area contributed by atoms with Crippen molar-refractivity contribution < 1.29 is 14.7 Å². The van der Waals surface area contributed by atoms with E-state index < -0.39 is 18.4 Å². The van der Waals surface area contributed by atoms with Gasteiger partial charge in [0.15, 0.2) is 0 Å². The number of thioether (sulfide) groups is 1. The minimum Gasteiger partial charge on any atom is -0.548 e. The van der Waals surface area contributed by atoms with Crippen LogP contribution < -0.4 is 5.11 Å². The summed E-state index contributed by atoms with van der Waals surface area (Å²) in [6.45, 7) is -0.554. The fourth-order valence-electron chi connectivity index (χ4n) is 1.64. The van der Waals surface area contributed by atoms with Crippen LogP contribution in [0.5, 0.6) is 0 Å². The third-order valence-corrected chi connectivity index (χ3v) is 4.13. The van der Waals surface area contributed by atoms with Crippen LogP contribution in [0, 0.1) is 0 Å². The van der Waals surface area contributed by atoms with E-state index in [1.165, 1.54) is 6.08 Å². The Labute approximate surface area is 136 Å². The molecule has 21 heavy (non-hydrogen) atoms. The third-order valence-electron chi connectivity index (χ3n) is 2.53. The number of hydrogen-bond acceptors (Lipinski definition) is 5.